The van der Waals surface area contributed by atoms with Crippen LogP contribution >= 0.6 is 11.8 Å². The second-order valence-electron chi connectivity index (χ2n) is 6.46. The van der Waals surface area contributed by atoms with Gasteiger partial charge in [-0.3, -0.25) is 24.3 Å². The zero-order valence-electron chi connectivity index (χ0n) is 16.0. The topological polar surface area (TPSA) is 107 Å². The van der Waals surface area contributed by atoms with Gasteiger partial charge in [0.05, 0.1) is 27.3 Å². The van der Waals surface area contributed by atoms with E-state index in [2.05, 4.69) is 10.3 Å². The van der Waals surface area contributed by atoms with Crippen molar-refractivity contribution in [2.75, 3.05) is 11.1 Å². The van der Waals surface area contributed by atoms with Crippen molar-refractivity contribution in [2.45, 2.75) is 32.0 Å². The highest BCUT2D eigenvalue weighted by Crippen LogP contribution is 2.23. The maximum Gasteiger partial charge on any atom is 0.271 e. The van der Waals surface area contributed by atoms with Crippen molar-refractivity contribution in [3.63, 3.8) is 0 Å². The number of rotatable bonds is 7. The molecule has 0 atom stereocenters. The largest absolute Gasteiger partial charge is 0.325 e. The molecule has 3 rings (SSSR count). The Balaban J connectivity index is 1.81. The normalized spacial score (nSPS) is 10.8. The maximum atomic E-state index is 12.8. The maximum absolute atomic E-state index is 12.8. The lowest BCUT2D eigenvalue weighted by Gasteiger charge is -2.12. The monoisotopic (exact) mass is 412 g/mol. The number of hydrogen-bond acceptors (Lipinski definition) is 6. The van der Waals surface area contributed by atoms with Crippen LogP contribution < -0.4 is 10.9 Å². The number of hydrogen-bond donors (Lipinski definition) is 1. The van der Waals surface area contributed by atoms with Crippen molar-refractivity contribution in [3.05, 3.63) is 68.5 Å². The third-order valence-corrected chi connectivity index (χ3v) is 5.29. The fourth-order valence-electron chi connectivity index (χ4n) is 2.85. The minimum Gasteiger partial charge on any atom is -0.325 e. The molecule has 0 saturated carbocycles. The molecule has 1 heterocycles. The molecule has 0 bridgehead atoms. The molecule has 0 radical (unpaired) electrons. The van der Waals surface area contributed by atoms with Crippen molar-refractivity contribution in [3.8, 4) is 0 Å². The SMILES string of the molecule is CCCn1c(SCC(=O)Nc2cc([N+](=O)[O-])ccc2C)nc2ccccc2c1=O. The van der Waals surface area contributed by atoms with Crippen molar-refractivity contribution < 1.29 is 9.72 Å². The summed E-state index contributed by atoms with van der Waals surface area (Å²) in [6.07, 6.45) is 0.757. The Labute approximate surface area is 171 Å². The van der Waals surface area contributed by atoms with Crippen LogP contribution in [-0.2, 0) is 11.3 Å². The number of amides is 1. The smallest absolute Gasteiger partial charge is 0.271 e. The molecule has 0 aliphatic rings. The van der Waals surface area contributed by atoms with E-state index in [1.165, 1.54) is 23.9 Å². The molecule has 0 unspecified atom stereocenters. The highest BCUT2D eigenvalue weighted by Gasteiger charge is 2.14. The number of aromatic nitrogens is 2. The Kier molecular flexibility index (Phi) is 6.28. The summed E-state index contributed by atoms with van der Waals surface area (Å²) >= 11 is 1.17. The molecule has 150 valence electrons. The van der Waals surface area contributed by atoms with E-state index in [-0.39, 0.29) is 22.9 Å². The average Bonchev–Trinajstić information content (AvgIpc) is 2.70. The predicted molar refractivity (Wildman–Crippen MR) is 113 cm³/mol. The zero-order valence-corrected chi connectivity index (χ0v) is 16.9. The summed E-state index contributed by atoms with van der Waals surface area (Å²) in [6, 6.07) is 11.4. The first-order valence-electron chi connectivity index (χ1n) is 9.08. The van der Waals surface area contributed by atoms with Crippen LogP contribution in [0.2, 0.25) is 0 Å². The highest BCUT2D eigenvalue weighted by atomic mass is 32.2. The quantitative estimate of drug-likeness (QED) is 0.274. The first kappa shape index (κ1) is 20.5. The number of para-hydroxylation sites is 1. The van der Waals surface area contributed by atoms with Crippen LogP contribution in [0.15, 0.2) is 52.4 Å². The van der Waals surface area contributed by atoms with E-state index < -0.39 is 4.92 Å². The van der Waals surface area contributed by atoms with E-state index in [4.69, 9.17) is 0 Å². The van der Waals surface area contributed by atoms with Crippen LogP contribution in [0, 0.1) is 17.0 Å². The summed E-state index contributed by atoms with van der Waals surface area (Å²) in [4.78, 5) is 40.2. The number of aryl methyl sites for hydroxylation is 1. The van der Waals surface area contributed by atoms with Gasteiger partial charge in [-0.15, -0.1) is 0 Å². The fraction of sp³-hybridized carbons (Fsp3) is 0.250. The molecule has 1 N–H and O–H groups in total. The highest BCUT2D eigenvalue weighted by molar-refractivity contribution is 7.99. The van der Waals surface area contributed by atoms with Gasteiger partial charge in [-0.2, -0.15) is 0 Å². The van der Waals surface area contributed by atoms with Crippen LogP contribution in [0.4, 0.5) is 11.4 Å². The summed E-state index contributed by atoms with van der Waals surface area (Å²) in [7, 11) is 0. The molecule has 0 aliphatic heterocycles. The molecule has 1 aromatic heterocycles. The van der Waals surface area contributed by atoms with E-state index in [1.807, 2.05) is 13.0 Å². The van der Waals surface area contributed by atoms with Crippen molar-refractivity contribution >= 4 is 39.9 Å². The number of nitrogens with zero attached hydrogens (tertiary/aromatic N) is 3. The average molecular weight is 412 g/mol. The van der Waals surface area contributed by atoms with Gasteiger partial charge in [0, 0.05) is 18.7 Å². The summed E-state index contributed by atoms with van der Waals surface area (Å²) in [6.45, 7) is 4.23. The van der Waals surface area contributed by atoms with Gasteiger partial charge in [0.1, 0.15) is 0 Å². The van der Waals surface area contributed by atoms with Gasteiger partial charge in [-0.05, 0) is 31.0 Å². The molecule has 0 aliphatic carbocycles. The summed E-state index contributed by atoms with van der Waals surface area (Å²) in [5.74, 6) is -0.305. The van der Waals surface area contributed by atoms with Crippen molar-refractivity contribution in [2.24, 2.45) is 0 Å². The molecule has 8 nitrogen and oxygen atoms in total. The van der Waals surface area contributed by atoms with E-state index >= 15 is 0 Å². The second-order valence-corrected chi connectivity index (χ2v) is 7.40. The molecule has 0 fully saturated rings. The lowest BCUT2D eigenvalue weighted by molar-refractivity contribution is -0.384. The van der Waals surface area contributed by atoms with Gasteiger partial charge in [-0.1, -0.05) is 36.9 Å². The fourth-order valence-corrected chi connectivity index (χ4v) is 3.68. The number of nitro groups is 1. The number of carbonyl (C=O) groups is 1. The van der Waals surface area contributed by atoms with E-state index in [0.717, 1.165) is 12.0 Å². The van der Waals surface area contributed by atoms with Crippen molar-refractivity contribution in [1.29, 1.82) is 0 Å². The first-order valence-corrected chi connectivity index (χ1v) is 10.1. The van der Waals surface area contributed by atoms with Gasteiger partial charge in [0.2, 0.25) is 5.91 Å². The Morgan fingerprint density at radius 2 is 2.03 bits per heavy atom. The molecule has 3 aromatic rings. The van der Waals surface area contributed by atoms with Crippen LogP contribution in [0.25, 0.3) is 10.9 Å². The number of carbonyl (C=O) groups excluding carboxylic acids is 1. The first-order chi connectivity index (χ1) is 13.9. The molecular weight excluding hydrogens is 392 g/mol. The summed E-state index contributed by atoms with van der Waals surface area (Å²) < 4.78 is 1.58. The number of thioether (sulfide) groups is 1. The number of nitrogens with one attached hydrogen (secondary N) is 1. The molecule has 0 saturated heterocycles. The van der Waals surface area contributed by atoms with E-state index in [0.29, 0.717) is 28.3 Å². The molecule has 1 amide bonds. The Morgan fingerprint density at radius 1 is 1.28 bits per heavy atom. The molecule has 29 heavy (non-hydrogen) atoms. The van der Waals surface area contributed by atoms with Gasteiger partial charge in [0.25, 0.3) is 11.2 Å². The minimum absolute atomic E-state index is 0.0244. The number of non-ortho nitro benzene ring substituents is 1. The van der Waals surface area contributed by atoms with Crippen LogP contribution in [0.5, 0.6) is 0 Å². The summed E-state index contributed by atoms with van der Waals surface area (Å²) in [5.41, 5.74) is 1.48. The van der Waals surface area contributed by atoms with Crippen LogP contribution in [-0.4, -0.2) is 26.1 Å². The Bertz CT molecular complexity index is 1140. The third kappa shape index (κ3) is 4.62. The van der Waals surface area contributed by atoms with Crippen LogP contribution in [0.3, 0.4) is 0 Å². The standard InChI is InChI=1S/C20H20N4O4S/c1-3-10-23-19(26)15-6-4-5-7-16(15)22-20(23)29-12-18(25)21-17-11-14(24(27)28)9-8-13(17)2/h4-9,11H,3,10,12H2,1-2H3,(H,21,25). The van der Waals surface area contributed by atoms with Crippen LogP contribution in [0.1, 0.15) is 18.9 Å². The molecule has 2 aromatic carbocycles. The second kappa shape index (κ2) is 8.87. The number of anilines is 1. The van der Waals surface area contributed by atoms with Gasteiger partial charge in [-0.25, -0.2) is 4.98 Å². The minimum atomic E-state index is -0.508. The Hall–Kier alpha value is -3.20. The number of fused-ring (bicyclic) bond motifs is 1. The van der Waals surface area contributed by atoms with E-state index in [9.17, 15) is 19.7 Å². The van der Waals surface area contributed by atoms with Gasteiger partial charge in [0.15, 0.2) is 5.16 Å². The van der Waals surface area contributed by atoms with E-state index in [1.54, 1.807) is 35.8 Å². The number of nitro benzene ring substituents is 1. The predicted octanol–water partition coefficient (Wildman–Crippen LogP) is 3.75. The van der Waals surface area contributed by atoms with Gasteiger partial charge >= 0.3 is 0 Å². The molecular formula is C20H20N4O4S. The third-order valence-electron chi connectivity index (χ3n) is 4.31. The Morgan fingerprint density at radius 3 is 2.76 bits per heavy atom. The molecule has 0 spiro atoms. The summed E-state index contributed by atoms with van der Waals surface area (Å²) in [5, 5.41) is 14.7. The zero-order chi connectivity index (χ0) is 21.0. The van der Waals surface area contributed by atoms with Crippen molar-refractivity contribution in [1.82, 2.24) is 9.55 Å². The number of benzene rings is 2. The lowest BCUT2D eigenvalue weighted by Crippen LogP contribution is -2.24. The molecule has 9 heteroatoms. The van der Waals surface area contributed by atoms with Gasteiger partial charge < -0.3 is 5.32 Å². The lowest BCUT2D eigenvalue weighted by atomic mass is 10.2.